The molecule has 1 aliphatic carbocycles. The first kappa shape index (κ1) is 24.5. The van der Waals surface area contributed by atoms with Crippen LogP contribution in [0.2, 0.25) is 0 Å². The van der Waals surface area contributed by atoms with Gasteiger partial charge in [-0.2, -0.15) is 0 Å². The van der Waals surface area contributed by atoms with Crippen molar-refractivity contribution in [2.45, 2.75) is 57.2 Å². The van der Waals surface area contributed by atoms with E-state index in [1.807, 2.05) is 11.0 Å². The zero-order valence-corrected chi connectivity index (χ0v) is 20.4. The molecule has 1 aromatic rings. The molecule has 35 heavy (non-hydrogen) atoms. The van der Waals surface area contributed by atoms with Gasteiger partial charge in [0.2, 0.25) is 11.8 Å². The Labute approximate surface area is 206 Å². The molecule has 4 aliphatic rings. The summed E-state index contributed by atoms with van der Waals surface area (Å²) in [4.78, 5) is 44.2. The van der Waals surface area contributed by atoms with Crippen LogP contribution in [-0.2, 0) is 20.9 Å². The van der Waals surface area contributed by atoms with Crippen molar-refractivity contribution in [2.75, 3.05) is 46.0 Å². The predicted molar refractivity (Wildman–Crippen MR) is 130 cm³/mol. The van der Waals surface area contributed by atoms with Crippen molar-refractivity contribution in [1.29, 1.82) is 0 Å². The van der Waals surface area contributed by atoms with E-state index in [0.717, 1.165) is 71.4 Å². The van der Waals surface area contributed by atoms with E-state index >= 15 is 0 Å². The summed E-state index contributed by atoms with van der Waals surface area (Å²) in [6.45, 7) is 4.90. The second-order valence-electron chi connectivity index (χ2n) is 10.5. The Balaban J connectivity index is 1.36. The van der Waals surface area contributed by atoms with Crippen LogP contribution in [0.1, 0.15) is 50.3 Å². The lowest BCUT2D eigenvalue weighted by Gasteiger charge is -2.40. The highest BCUT2D eigenvalue weighted by molar-refractivity contribution is 5.85. The molecule has 1 aromatic heterocycles. The maximum Gasteiger partial charge on any atom is 0.250 e. The number of aliphatic hydroxyl groups excluding tert-OH is 1. The minimum Gasteiger partial charge on any atom is -0.396 e. The van der Waals surface area contributed by atoms with E-state index in [9.17, 15) is 19.5 Å². The number of nitrogens with zero attached hydrogens (tertiary/aromatic N) is 3. The van der Waals surface area contributed by atoms with Crippen LogP contribution in [0.5, 0.6) is 0 Å². The van der Waals surface area contributed by atoms with Crippen LogP contribution in [-0.4, -0.2) is 83.3 Å². The van der Waals surface area contributed by atoms with Gasteiger partial charge in [0.25, 0.3) is 5.56 Å². The first-order valence-electron chi connectivity index (χ1n) is 13.3. The van der Waals surface area contributed by atoms with Gasteiger partial charge >= 0.3 is 0 Å². The fraction of sp³-hybridized carbons (Fsp3) is 0.731. The van der Waals surface area contributed by atoms with Gasteiger partial charge in [-0.15, -0.1) is 0 Å². The normalized spacial score (nSPS) is 29.1. The smallest absolute Gasteiger partial charge is 0.250 e. The van der Waals surface area contributed by atoms with Crippen LogP contribution >= 0.6 is 0 Å². The standard InChI is InChI=1S/C26H38N4O5/c31-17-19-21-16-29-20(8-4-9-22(29)32)24(30(21)26(34)18-6-2-1-3-7-18)23(19)25(33)27-10-5-11-28-12-14-35-15-13-28/h4,8-9,18-19,21,23-24,31H,1-3,5-7,10-17H2,(H,27,33)/t19-,21-,23+,24+/m1/s1. The number of fused-ring (bicyclic) bond motifs is 4. The lowest BCUT2D eigenvalue weighted by molar-refractivity contribution is -0.142. The Morgan fingerprint density at radius 3 is 2.63 bits per heavy atom. The van der Waals surface area contributed by atoms with Crippen molar-refractivity contribution in [3.8, 4) is 0 Å². The number of pyridine rings is 1. The lowest BCUT2D eigenvalue weighted by atomic mass is 9.86. The molecule has 192 valence electrons. The van der Waals surface area contributed by atoms with Gasteiger partial charge < -0.3 is 24.6 Å². The number of hydrogen-bond donors (Lipinski definition) is 2. The molecule has 4 heterocycles. The van der Waals surface area contributed by atoms with E-state index in [4.69, 9.17) is 4.74 Å². The highest BCUT2D eigenvalue weighted by Gasteiger charge is 2.57. The maximum atomic E-state index is 13.8. The minimum atomic E-state index is -0.573. The molecule has 9 heteroatoms. The number of aliphatic hydroxyl groups is 1. The topological polar surface area (TPSA) is 104 Å². The largest absolute Gasteiger partial charge is 0.396 e. The van der Waals surface area contributed by atoms with Gasteiger partial charge in [0.05, 0.1) is 31.2 Å². The maximum absolute atomic E-state index is 13.8. The minimum absolute atomic E-state index is 0.0367. The van der Waals surface area contributed by atoms with Gasteiger partial charge in [-0.3, -0.25) is 19.3 Å². The third-order valence-electron chi connectivity index (χ3n) is 8.49. The Bertz CT molecular complexity index is 969. The van der Waals surface area contributed by atoms with Crippen molar-refractivity contribution in [1.82, 2.24) is 19.7 Å². The Hall–Kier alpha value is -2.23. The second-order valence-corrected chi connectivity index (χ2v) is 10.5. The van der Waals surface area contributed by atoms with Crippen molar-refractivity contribution in [3.63, 3.8) is 0 Å². The molecule has 0 unspecified atom stereocenters. The summed E-state index contributed by atoms with van der Waals surface area (Å²) in [5.74, 6) is -1.05. The van der Waals surface area contributed by atoms with Crippen LogP contribution in [0, 0.1) is 17.8 Å². The molecule has 3 fully saturated rings. The Morgan fingerprint density at radius 1 is 1.11 bits per heavy atom. The molecule has 0 radical (unpaired) electrons. The average Bonchev–Trinajstić information content (AvgIpc) is 3.14. The molecule has 4 atom stereocenters. The van der Waals surface area contributed by atoms with E-state index < -0.39 is 17.9 Å². The number of nitrogens with one attached hydrogen (secondary N) is 1. The summed E-state index contributed by atoms with van der Waals surface area (Å²) in [7, 11) is 0. The van der Waals surface area contributed by atoms with Gasteiger partial charge in [-0.25, -0.2) is 0 Å². The zero-order valence-electron chi connectivity index (χ0n) is 20.4. The third kappa shape index (κ3) is 4.78. The van der Waals surface area contributed by atoms with Crippen molar-refractivity contribution >= 4 is 11.8 Å². The van der Waals surface area contributed by atoms with E-state index in [1.165, 1.54) is 6.07 Å². The highest BCUT2D eigenvalue weighted by Crippen LogP contribution is 2.49. The summed E-state index contributed by atoms with van der Waals surface area (Å²) in [5, 5.41) is 13.5. The zero-order chi connectivity index (χ0) is 24.4. The van der Waals surface area contributed by atoms with E-state index in [2.05, 4.69) is 10.2 Å². The molecule has 2 N–H and O–H groups in total. The van der Waals surface area contributed by atoms with E-state index in [-0.39, 0.29) is 35.9 Å². The number of rotatable bonds is 7. The predicted octanol–water partition coefficient (Wildman–Crippen LogP) is 0.757. The molecule has 2 amide bonds. The number of ether oxygens (including phenoxy) is 1. The Kier molecular flexibility index (Phi) is 7.55. The first-order valence-corrected chi connectivity index (χ1v) is 13.3. The number of morpholine rings is 1. The van der Waals surface area contributed by atoms with Crippen LogP contribution < -0.4 is 10.9 Å². The van der Waals surface area contributed by atoms with Crippen LogP contribution in [0.15, 0.2) is 23.0 Å². The number of amides is 2. The lowest BCUT2D eigenvalue weighted by Crippen LogP contribution is -2.51. The van der Waals surface area contributed by atoms with Crippen LogP contribution in [0.4, 0.5) is 0 Å². The summed E-state index contributed by atoms with van der Waals surface area (Å²) in [6, 6.07) is 4.23. The van der Waals surface area contributed by atoms with Gasteiger partial charge in [0, 0.05) is 56.4 Å². The quantitative estimate of drug-likeness (QED) is 0.552. The van der Waals surface area contributed by atoms with Gasteiger partial charge in [0.15, 0.2) is 0 Å². The molecule has 3 aliphatic heterocycles. The Morgan fingerprint density at radius 2 is 1.89 bits per heavy atom. The molecule has 1 saturated carbocycles. The molecular weight excluding hydrogens is 448 g/mol. The number of carbonyl (C=O) groups is 2. The molecule has 9 nitrogen and oxygen atoms in total. The van der Waals surface area contributed by atoms with Gasteiger partial charge in [0.1, 0.15) is 0 Å². The highest BCUT2D eigenvalue weighted by atomic mass is 16.5. The summed E-state index contributed by atoms with van der Waals surface area (Å²) >= 11 is 0. The molecule has 0 aromatic carbocycles. The summed E-state index contributed by atoms with van der Waals surface area (Å²) in [5.41, 5.74) is 0.591. The molecule has 0 spiro atoms. The van der Waals surface area contributed by atoms with E-state index in [1.54, 1.807) is 10.6 Å². The SMILES string of the molecule is O=C(NCCCN1CCOCC1)[C@H]1[C@H](CO)[C@H]2Cn3c(cccc3=O)[C@@H]1N2C(=O)C1CCCCC1. The fourth-order valence-electron chi connectivity index (χ4n) is 6.68. The number of hydrogen-bond acceptors (Lipinski definition) is 6. The first-order chi connectivity index (χ1) is 17.1. The molecule has 2 saturated heterocycles. The fourth-order valence-corrected chi connectivity index (χ4v) is 6.68. The number of aromatic nitrogens is 1. The molecular formula is C26H38N4O5. The third-order valence-corrected chi connectivity index (χ3v) is 8.49. The van der Waals surface area contributed by atoms with Crippen LogP contribution in [0.3, 0.4) is 0 Å². The van der Waals surface area contributed by atoms with Crippen molar-refractivity contribution in [3.05, 3.63) is 34.2 Å². The molecule has 2 bridgehead atoms. The van der Waals surface area contributed by atoms with Crippen molar-refractivity contribution < 1.29 is 19.4 Å². The molecule has 5 rings (SSSR count). The summed E-state index contributed by atoms with van der Waals surface area (Å²) < 4.78 is 7.10. The monoisotopic (exact) mass is 486 g/mol. The van der Waals surface area contributed by atoms with E-state index in [0.29, 0.717) is 18.8 Å². The number of carbonyl (C=O) groups excluding carboxylic acids is 2. The van der Waals surface area contributed by atoms with Gasteiger partial charge in [-0.1, -0.05) is 25.3 Å². The summed E-state index contributed by atoms with van der Waals surface area (Å²) in [6.07, 6.45) is 5.83. The van der Waals surface area contributed by atoms with Gasteiger partial charge in [-0.05, 0) is 31.9 Å². The second kappa shape index (κ2) is 10.8. The average molecular weight is 487 g/mol. The van der Waals surface area contributed by atoms with Crippen LogP contribution in [0.25, 0.3) is 0 Å². The van der Waals surface area contributed by atoms with Crippen molar-refractivity contribution in [2.24, 2.45) is 17.8 Å².